The van der Waals surface area contributed by atoms with Crippen molar-refractivity contribution in [2.24, 2.45) is 0 Å². The van der Waals surface area contributed by atoms with Crippen molar-refractivity contribution < 1.29 is 9.47 Å². The molecule has 3 nitrogen and oxygen atoms in total. The van der Waals surface area contributed by atoms with Crippen molar-refractivity contribution >= 4 is 11.8 Å². The lowest BCUT2D eigenvalue weighted by Gasteiger charge is -2.37. The van der Waals surface area contributed by atoms with Gasteiger partial charge in [0.2, 0.25) is 0 Å². The highest BCUT2D eigenvalue weighted by Crippen LogP contribution is 2.39. The molecule has 1 aromatic carbocycles. The molecular formula is C16H19NO2S. The minimum atomic E-state index is 0.0638. The van der Waals surface area contributed by atoms with Crippen LogP contribution < -0.4 is 4.74 Å². The Bertz CT molecular complexity index is 488. The fraction of sp³-hybridized carbons (Fsp3) is 0.562. The minimum Gasteiger partial charge on any atom is -0.490 e. The normalized spacial score (nSPS) is 29.2. The molecule has 2 aliphatic heterocycles. The average molecular weight is 289 g/mol. The molecular weight excluding hydrogens is 270 g/mol. The zero-order valence-electron chi connectivity index (χ0n) is 11.5. The number of benzene rings is 1. The van der Waals surface area contributed by atoms with Gasteiger partial charge >= 0.3 is 0 Å². The number of ether oxygens (including phenoxy) is 2. The van der Waals surface area contributed by atoms with E-state index in [4.69, 9.17) is 14.7 Å². The zero-order valence-corrected chi connectivity index (χ0v) is 12.3. The molecule has 2 saturated heterocycles. The monoisotopic (exact) mass is 289 g/mol. The van der Waals surface area contributed by atoms with Crippen molar-refractivity contribution in [2.75, 3.05) is 18.1 Å². The molecule has 0 N–H and O–H groups in total. The molecule has 0 aromatic heterocycles. The van der Waals surface area contributed by atoms with E-state index in [-0.39, 0.29) is 11.7 Å². The van der Waals surface area contributed by atoms with E-state index < -0.39 is 0 Å². The topological polar surface area (TPSA) is 42.2 Å². The van der Waals surface area contributed by atoms with Crippen LogP contribution in [0, 0.1) is 11.3 Å². The summed E-state index contributed by atoms with van der Waals surface area (Å²) in [7, 11) is 0. The van der Waals surface area contributed by atoms with Crippen LogP contribution >= 0.6 is 11.8 Å². The maximum Gasteiger partial charge on any atom is 0.119 e. The summed E-state index contributed by atoms with van der Waals surface area (Å²) < 4.78 is 12.1. The second-order valence-electron chi connectivity index (χ2n) is 5.55. The summed E-state index contributed by atoms with van der Waals surface area (Å²) in [5, 5.41) is 8.67. The summed E-state index contributed by atoms with van der Waals surface area (Å²) in [5.41, 5.74) is 1.10. The number of thioether (sulfide) groups is 1. The fourth-order valence-electron chi connectivity index (χ4n) is 2.92. The predicted molar refractivity (Wildman–Crippen MR) is 80.0 cm³/mol. The molecule has 2 fully saturated rings. The average Bonchev–Trinajstić information content (AvgIpc) is 2.89. The van der Waals surface area contributed by atoms with E-state index in [1.54, 1.807) is 0 Å². The van der Waals surface area contributed by atoms with Gasteiger partial charge in [0.05, 0.1) is 24.7 Å². The van der Waals surface area contributed by atoms with Gasteiger partial charge in [0.15, 0.2) is 0 Å². The summed E-state index contributed by atoms with van der Waals surface area (Å²) in [6.07, 6.45) is 3.83. The summed E-state index contributed by atoms with van der Waals surface area (Å²) in [6, 6.07) is 10.0. The molecule has 0 saturated carbocycles. The molecule has 20 heavy (non-hydrogen) atoms. The van der Waals surface area contributed by atoms with E-state index in [1.807, 2.05) is 36.0 Å². The maximum atomic E-state index is 8.67. The fourth-order valence-corrected chi connectivity index (χ4v) is 4.29. The van der Waals surface area contributed by atoms with Crippen LogP contribution in [-0.4, -0.2) is 29.8 Å². The second-order valence-corrected chi connectivity index (χ2v) is 6.65. The van der Waals surface area contributed by atoms with Gasteiger partial charge in [0.1, 0.15) is 11.9 Å². The van der Waals surface area contributed by atoms with E-state index >= 15 is 0 Å². The predicted octanol–water partition coefficient (Wildman–Crippen LogP) is 3.19. The molecule has 3 rings (SSSR count). The van der Waals surface area contributed by atoms with E-state index in [1.165, 1.54) is 5.75 Å². The van der Waals surface area contributed by atoms with Crippen LogP contribution in [0.15, 0.2) is 24.3 Å². The van der Waals surface area contributed by atoms with Crippen molar-refractivity contribution in [3.05, 3.63) is 29.8 Å². The molecule has 2 unspecified atom stereocenters. The third-order valence-corrected chi connectivity index (χ3v) is 5.25. The Morgan fingerprint density at radius 3 is 2.95 bits per heavy atom. The van der Waals surface area contributed by atoms with Crippen molar-refractivity contribution in [2.45, 2.75) is 37.4 Å². The van der Waals surface area contributed by atoms with Crippen molar-refractivity contribution in [1.82, 2.24) is 0 Å². The van der Waals surface area contributed by atoms with Crippen LogP contribution in [0.3, 0.4) is 0 Å². The van der Waals surface area contributed by atoms with E-state index in [2.05, 4.69) is 6.07 Å². The Morgan fingerprint density at radius 1 is 1.40 bits per heavy atom. The van der Waals surface area contributed by atoms with Gasteiger partial charge in [-0.2, -0.15) is 17.0 Å². The second kappa shape index (κ2) is 6.07. The number of hydrogen-bond acceptors (Lipinski definition) is 4. The highest BCUT2D eigenvalue weighted by Gasteiger charge is 2.41. The van der Waals surface area contributed by atoms with Crippen molar-refractivity contribution in [3.63, 3.8) is 0 Å². The number of nitriles is 1. The van der Waals surface area contributed by atoms with Crippen LogP contribution in [0.4, 0.5) is 0 Å². The lowest BCUT2D eigenvalue weighted by atomic mass is 9.91. The first kappa shape index (κ1) is 13.8. The van der Waals surface area contributed by atoms with Crippen LogP contribution in [0.5, 0.6) is 5.75 Å². The number of rotatable bonds is 3. The Labute approximate surface area is 124 Å². The van der Waals surface area contributed by atoms with Gasteiger partial charge in [-0.05, 0) is 29.9 Å². The first-order chi connectivity index (χ1) is 9.80. The molecule has 106 valence electrons. The van der Waals surface area contributed by atoms with Crippen LogP contribution in [0.2, 0.25) is 0 Å². The zero-order chi connectivity index (χ0) is 13.8. The smallest absolute Gasteiger partial charge is 0.119 e. The van der Waals surface area contributed by atoms with Gasteiger partial charge < -0.3 is 9.47 Å². The Morgan fingerprint density at radius 2 is 2.25 bits per heavy atom. The van der Waals surface area contributed by atoms with E-state index in [0.29, 0.717) is 6.42 Å². The first-order valence-electron chi connectivity index (χ1n) is 7.14. The molecule has 0 aliphatic carbocycles. The quantitative estimate of drug-likeness (QED) is 0.857. The SMILES string of the molecule is N#CCc1ccc(OC2CCOC3(CCSC3)C2)cc1. The molecule has 1 spiro atoms. The highest BCUT2D eigenvalue weighted by atomic mass is 32.2. The van der Waals surface area contributed by atoms with Crippen LogP contribution in [0.1, 0.15) is 24.8 Å². The van der Waals surface area contributed by atoms with Gasteiger partial charge in [-0.25, -0.2) is 0 Å². The minimum absolute atomic E-state index is 0.0638. The maximum absolute atomic E-state index is 8.67. The molecule has 1 aromatic rings. The molecule has 2 heterocycles. The number of hydrogen-bond donors (Lipinski definition) is 0. The Balaban J connectivity index is 1.61. The molecule has 0 bridgehead atoms. The van der Waals surface area contributed by atoms with Crippen molar-refractivity contribution in [1.29, 1.82) is 5.26 Å². The lowest BCUT2D eigenvalue weighted by molar-refractivity contribution is -0.0958. The van der Waals surface area contributed by atoms with Crippen LogP contribution in [-0.2, 0) is 11.2 Å². The van der Waals surface area contributed by atoms with Gasteiger partial charge in [0, 0.05) is 18.6 Å². The van der Waals surface area contributed by atoms with Gasteiger partial charge in [-0.1, -0.05) is 12.1 Å². The summed E-state index contributed by atoms with van der Waals surface area (Å²) >= 11 is 1.98. The Kier molecular flexibility index (Phi) is 4.18. The molecule has 4 heteroatoms. The lowest BCUT2D eigenvalue weighted by Crippen LogP contribution is -2.43. The van der Waals surface area contributed by atoms with Gasteiger partial charge in [0.25, 0.3) is 0 Å². The number of nitrogens with zero attached hydrogens (tertiary/aromatic N) is 1. The highest BCUT2D eigenvalue weighted by molar-refractivity contribution is 7.99. The van der Waals surface area contributed by atoms with Crippen molar-refractivity contribution in [3.8, 4) is 11.8 Å². The summed E-state index contributed by atoms with van der Waals surface area (Å²) in [6.45, 7) is 0.803. The van der Waals surface area contributed by atoms with E-state index in [9.17, 15) is 0 Å². The summed E-state index contributed by atoms with van der Waals surface area (Å²) in [5.74, 6) is 3.21. The third kappa shape index (κ3) is 3.11. The van der Waals surface area contributed by atoms with Gasteiger partial charge in [-0.3, -0.25) is 0 Å². The molecule has 0 amide bonds. The standard InChI is InChI=1S/C16H19NO2S/c17-8-5-13-1-3-14(4-2-13)19-15-6-9-18-16(11-15)7-10-20-12-16/h1-4,15H,5-7,9-12H2. The van der Waals surface area contributed by atoms with E-state index in [0.717, 1.165) is 42.9 Å². The largest absolute Gasteiger partial charge is 0.490 e. The molecule has 2 aliphatic rings. The third-order valence-electron chi connectivity index (χ3n) is 4.02. The summed E-state index contributed by atoms with van der Waals surface area (Å²) in [4.78, 5) is 0. The molecule has 2 atom stereocenters. The van der Waals surface area contributed by atoms with Crippen LogP contribution in [0.25, 0.3) is 0 Å². The van der Waals surface area contributed by atoms with Gasteiger partial charge in [-0.15, -0.1) is 0 Å². The first-order valence-corrected chi connectivity index (χ1v) is 8.29. The Hall–Kier alpha value is -1.18. The molecule has 0 radical (unpaired) electrons.